The lowest BCUT2D eigenvalue weighted by Gasteiger charge is -2.05. The zero-order valence-corrected chi connectivity index (χ0v) is 15.0. The molecule has 0 saturated heterocycles. The lowest BCUT2D eigenvalue weighted by atomic mass is 10.1. The van der Waals surface area contributed by atoms with Crippen molar-refractivity contribution < 1.29 is 4.74 Å². The zero-order chi connectivity index (χ0) is 17.5. The summed E-state index contributed by atoms with van der Waals surface area (Å²) in [4.78, 5) is 11.0. The van der Waals surface area contributed by atoms with Crippen LogP contribution in [0.25, 0.3) is 33.9 Å². The molecule has 1 aliphatic heterocycles. The summed E-state index contributed by atoms with van der Waals surface area (Å²) >= 11 is 1.79. The molecule has 1 aliphatic rings. The van der Waals surface area contributed by atoms with Crippen molar-refractivity contribution in [3.8, 4) is 39.7 Å². The highest BCUT2D eigenvalue weighted by atomic mass is 32.2. The molecular weight excluding hydrogens is 340 g/mol. The first kappa shape index (κ1) is 15.3. The number of benzene rings is 3. The van der Waals surface area contributed by atoms with Crippen LogP contribution in [0.15, 0.2) is 82.6 Å². The van der Waals surface area contributed by atoms with Gasteiger partial charge in [-0.25, -0.2) is 4.98 Å². The first-order chi connectivity index (χ1) is 12.8. The standard InChI is InChI=1S/C22H16N2OS/c1-25-15-12-10-14(11-13-15)22-23-20-16-6-2-4-8-18(16)26-19-9-5-3-7-17(19)21(20)24-22/h2-13H,1H3,(H,23,24). The average Bonchev–Trinajstić information content (AvgIpc) is 3.09. The van der Waals surface area contributed by atoms with Crippen LogP contribution in [0.5, 0.6) is 5.75 Å². The minimum atomic E-state index is 0.842. The van der Waals surface area contributed by atoms with E-state index in [1.807, 2.05) is 24.3 Å². The Kier molecular flexibility index (Phi) is 3.57. The second kappa shape index (κ2) is 6.07. The van der Waals surface area contributed by atoms with Gasteiger partial charge in [0.15, 0.2) is 0 Å². The third-order valence-electron chi connectivity index (χ3n) is 4.59. The van der Waals surface area contributed by atoms with E-state index in [9.17, 15) is 0 Å². The van der Waals surface area contributed by atoms with E-state index in [1.54, 1.807) is 18.9 Å². The van der Waals surface area contributed by atoms with Crippen LogP contribution in [-0.2, 0) is 0 Å². The van der Waals surface area contributed by atoms with Crippen LogP contribution in [-0.4, -0.2) is 17.1 Å². The van der Waals surface area contributed by atoms with Crippen LogP contribution in [0.2, 0.25) is 0 Å². The Labute approximate surface area is 156 Å². The number of nitrogens with zero attached hydrogens (tertiary/aromatic N) is 1. The largest absolute Gasteiger partial charge is 0.497 e. The maximum absolute atomic E-state index is 5.26. The molecule has 26 heavy (non-hydrogen) atoms. The van der Waals surface area contributed by atoms with E-state index in [0.29, 0.717) is 0 Å². The van der Waals surface area contributed by atoms with Gasteiger partial charge in [0.1, 0.15) is 11.6 Å². The van der Waals surface area contributed by atoms with Gasteiger partial charge in [-0.15, -0.1) is 0 Å². The maximum Gasteiger partial charge on any atom is 0.138 e. The minimum Gasteiger partial charge on any atom is -0.497 e. The van der Waals surface area contributed by atoms with E-state index >= 15 is 0 Å². The number of methoxy groups -OCH3 is 1. The lowest BCUT2D eigenvalue weighted by molar-refractivity contribution is 0.415. The van der Waals surface area contributed by atoms with Crippen molar-refractivity contribution >= 4 is 11.8 Å². The van der Waals surface area contributed by atoms with Crippen molar-refractivity contribution in [1.29, 1.82) is 0 Å². The Balaban J connectivity index is 1.74. The monoisotopic (exact) mass is 356 g/mol. The summed E-state index contributed by atoms with van der Waals surface area (Å²) < 4.78 is 5.26. The van der Waals surface area contributed by atoms with Crippen LogP contribution in [0, 0.1) is 0 Å². The molecule has 0 saturated carbocycles. The fourth-order valence-electron chi connectivity index (χ4n) is 3.28. The van der Waals surface area contributed by atoms with Gasteiger partial charge >= 0.3 is 0 Å². The number of fused-ring (bicyclic) bond motifs is 5. The molecule has 0 aliphatic carbocycles. The molecule has 3 nitrogen and oxygen atoms in total. The molecule has 0 unspecified atom stereocenters. The van der Waals surface area contributed by atoms with Gasteiger partial charge in [0.05, 0.1) is 18.5 Å². The van der Waals surface area contributed by atoms with Crippen LogP contribution < -0.4 is 4.74 Å². The highest BCUT2D eigenvalue weighted by molar-refractivity contribution is 7.99. The second-order valence-electron chi connectivity index (χ2n) is 6.13. The number of rotatable bonds is 2. The van der Waals surface area contributed by atoms with Gasteiger partial charge in [-0.2, -0.15) is 0 Å². The molecule has 2 heterocycles. The van der Waals surface area contributed by atoms with E-state index in [-0.39, 0.29) is 0 Å². The van der Waals surface area contributed by atoms with Crippen LogP contribution in [0.4, 0.5) is 0 Å². The molecule has 0 amide bonds. The van der Waals surface area contributed by atoms with Crippen molar-refractivity contribution in [3.05, 3.63) is 72.8 Å². The fraction of sp³-hybridized carbons (Fsp3) is 0.0455. The topological polar surface area (TPSA) is 37.9 Å². The average molecular weight is 356 g/mol. The molecule has 0 fully saturated rings. The van der Waals surface area contributed by atoms with E-state index < -0.39 is 0 Å². The molecule has 0 bridgehead atoms. The van der Waals surface area contributed by atoms with E-state index in [2.05, 4.69) is 53.5 Å². The minimum absolute atomic E-state index is 0.842. The van der Waals surface area contributed by atoms with Gasteiger partial charge in [-0.3, -0.25) is 0 Å². The Bertz CT molecular complexity index is 1040. The number of hydrogen-bond donors (Lipinski definition) is 1. The maximum atomic E-state index is 5.26. The van der Waals surface area contributed by atoms with Crippen molar-refractivity contribution in [2.24, 2.45) is 0 Å². The predicted molar refractivity (Wildman–Crippen MR) is 106 cm³/mol. The Morgan fingerprint density at radius 2 is 1.46 bits per heavy atom. The van der Waals surface area contributed by atoms with Gasteiger partial charge in [0.25, 0.3) is 0 Å². The summed E-state index contributed by atoms with van der Waals surface area (Å²) in [6, 6.07) is 24.9. The Morgan fingerprint density at radius 1 is 0.808 bits per heavy atom. The molecule has 3 aromatic carbocycles. The summed E-state index contributed by atoms with van der Waals surface area (Å²) in [6.07, 6.45) is 0. The van der Waals surface area contributed by atoms with Crippen molar-refractivity contribution in [1.82, 2.24) is 9.97 Å². The highest BCUT2D eigenvalue weighted by Crippen LogP contribution is 2.47. The number of H-pyrrole nitrogens is 1. The number of aromatic nitrogens is 2. The van der Waals surface area contributed by atoms with E-state index in [4.69, 9.17) is 9.72 Å². The fourth-order valence-corrected chi connectivity index (χ4v) is 4.37. The SMILES string of the molecule is COc1ccc(-c2nc3c([nH]2)-c2ccccc2Sc2ccccc2-3)cc1. The normalized spacial score (nSPS) is 11.9. The summed E-state index contributed by atoms with van der Waals surface area (Å²) in [5, 5.41) is 0. The van der Waals surface area contributed by atoms with Gasteiger partial charge in [0, 0.05) is 26.5 Å². The van der Waals surface area contributed by atoms with Crippen molar-refractivity contribution in [2.75, 3.05) is 7.11 Å². The predicted octanol–water partition coefficient (Wildman–Crippen LogP) is 5.88. The second-order valence-corrected chi connectivity index (χ2v) is 7.22. The molecule has 4 aromatic rings. The molecule has 0 radical (unpaired) electrons. The molecule has 4 heteroatoms. The van der Waals surface area contributed by atoms with Crippen molar-refractivity contribution in [2.45, 2.75) is 9.79 Å². The summed E-state index contributed by atoms with van der Waals surface area (Å²) in [5.74, 6) is 1.71. The zero-order valence-electron chi connectivity index (χ0n) is 14.2. The third-order valence-corrected chi connectivity index (χ3v) is 5.74. The molecule has 1 N–H and O–H groups in total. The van der Waals surface area contributed by atoms with Crippen LogP contribution in [0.1, 0.15) is 0 Å². The first-order valence-corrected chi connectivity index (χ1v) is 9.26. The smallest absolute Gasteiger partial charge is 0.138 e. The summed E-state index contributed by atoms with van der Waals surface area (Å²) in [6.45, 7) is 0. The highest BCUT2D eigenvalue weighted by Gasteiger charge is 2.23. The first-order valence-electron chi connectivity index (χ1n) is 8.44. The van der Waals surface area contributed by atoms with Crippen LogP contribution in [0.3, 0.4) is 0 Å². The number of ether oxygens (including phenoxy) is 1. The quantitative estimate of drug-likeness (QED) is 0.429. The van der Waals surface area contributed by atoms with Gasteiger partial charge < -0.3 is 9.72 Å². The van der Waals surface area contributed by atoms with Crippen LogP contribution >= 0.6 is 11.8 Å². The number of aromatic amines is 1. The van der Waals surface area contributed by atoms with E-state index in [1.165, 1.54) is 20.9 Å². The number of hydrogen-bond acceptors (Lipinski definition) is 3. The molecule has 0 spiro atoms. The van der Waals surface area contributed by atoms with E-state index in [0.717, 1.165) is 28.5 Å². The van der Waals surface area contributed by atoms with Crippen molar-refractivity contribution in [3.63, 3.8) is 0 Å². The molecule has 1 aromatic heterocycles. The Morgan fingerprint density at radius 3 is 2.19 bits per heavy atom. The summed E-state index contributed by atoms with van der Waals surface area (Å²) in [5.41, 5.74) is 5.48. The number of nitrogens with one attached hydrogen (secondary N) is 1. The molecule has 0 atom stereocenters. The molecule has 126 valence electrons. The van der Waals surface area contributed by atoms with Gasteiger partial charge in [-0.05, 0) is 36.4 Å². The number of imidazole rings is 1. The molecule has 5 rings (SSSR count). The lowest BCUT2D eigenvalue weighted by Crippen LogP contribution is -1.85. The third kappa shape index (κ3) is 2.42. The summed E-state index contributed by atoms with van der Waals surface area (Å²) in [7, 11) is 1.68. The Hall–Kier alpha value is -2.98. The molecular formula is C22H16N2OS. The van der Waals surface area contributed by atoms with Gasteiger partial charge in [0.2, 0.25) is 0 Å². The van der Waals surface area contributed by atoms with Gasteiger partial charge in [-0.1, -0.05) is 48.2 Å².